The molecule has 1 rings (SSSR count). The van der Waals surface area contributed by atoms with Gasteiger partial charge in [-0.3, -0.25) is 0 Å². The van der Waals surface area contributed by atoms with Crippen LogP contribution in [0, 0.1) is 13.8 Å². The fourth-order valence-electron chi connectivity index (χ4n) is 2.12. The van der Waals surface area contributed by atoms with Gasteiger partial charge in [-0.1, -0.05) is 12.1 Å². The summed E-state index contributed by atoms with van der Waals surface area (Å²) in [6.07, 6.45) is -11.8. The van der Waals surface area contributed by atoms with Gasteiger partial charge >= 0.3 is 12.4 Å². The van der Waals surface area contributed by atoms with Gasteiger partial charge in [-0.2, -0.15) is 26.3 Å². The molecule has 0 aromatic heterocycles. The van der Waals surface area contributed by atoms with Crippen LogP contribution in [-0.4, -0.2) is 35.7 Å². The average Bonchev–Trinajstić information content (AvgIpc) is 2.33. The Labute approximate surface area is 122 Å². The molecule has 0 aliphatic heterocycles. The Balaban J connectivity index is 3.48. The topological polar surface area (TPSA) is 52.5 Å². The van der Waals surface area contributed by atoms with E-state index in [9.17, 15) is 31.4 Å². The van der Waals surface area contributed by atoms with Gasteiger partial charge in [-0.25, -0.2) is 0 Å². The molecular formula is C13H15F6NO2. The highest BCUT2D eigenvalue weighted by molar-refractivity contribution is 5.59. The molecule has 9 heteroatoms. The van der Waals surface area contributed by atoms with Crippen molar-refractivity contribution >= 4 is 5.69 Å². The number of anilines is 1. The summed E-state index contributed by atoms with van der Waals surface area (Å²) in [5.41, 5.74) is -5.74. The van der Waals surface area contributed by atoms with Crippen molar-refractivity contribution in [1.29, 1.82) is 0 Å². The Morgan fingerprint density at radius 1 is 0.955 bits per heavy atom. The zero-order valence-electron chi connectivity index (χ0n) is 11.7. The molecule has 0 radical (unpaired) electrons. The molecule has 0 unspecified atom stereocenters. The second-order valence-corrected chi connectivity index (χ2v) is 4.84. The van der Waals surface area contributed by atoms with Gasteiger partial charge in [0, 0.05) is 17.8 Å². The lowest BCUT2D eigenvalue weighted by molar-refractivity contribution is -0.376. The van der Waals surface area contributed by atoms with Gasteiger partial charge < -0.3 is 15.5 Å². The summed E-state index contributed by atoms with van der Waals surface area (Å²) in [6.45, 7) is 2.45. The van der Waals surface area contributed by atoms with Crippen molar-refractivity contribution in [3.63, 3.8) is 0 Å². The summed E-state index contributed by atoms with van der Waals surface area (Å²) in [5, 5.41) is 20.8. The Hall–Kier alpha value is -1.48. The number of benzene rings is 1. The van der Waals surface area contributed by atoms with Crippen LogP contribution in [0.1, 0.15) is 16.7 Å². The Morgan fingerprint density at radius 2 is 1.36 bits per heavy atom. The van der Waals surface area contributed by atoms with E-state index < -0.39 is 23.5 Å². The largest absolute Gasteiger partial charge is 0.430 e. The summed E-state index contributed by atoms with van der Waals surface area (Å²) in [6, 6.07) is 1.27. The van der Waals surface area contributed by atoms with Crippen molar-refractivity contribution in [2.75, 3.05) is 18.5 Å². The van der Waals surface area contributed by atoms with Gasteiger partial charge in [0.25, 0.3) is 5.60 Å². The number of rotatable bonds is 4. The van der Waals surface area contributed by atoms with Gasteiger partial charge in [0.15, 0.2) is 0 Å². The molecule has 0 heterocycles. The predicted octanol–water partition coefficient (Wildman–Crippen LogP) is 3.02. The molecule has 0 atom stereocenters. The zero-order valence-corrected chi connectivity index (χ0v) is 11.7. The lowest BCUT2D eigenvalue weighted by atomic mass is 9.89. The molecule has 0 bridgehead atoms. The van der Waals surface area contributed by atoms with Crippen LogP contribution in [0.25, 0.3) is 0 Å². The van der Waals surface area contributed by atoms with Gasteiger partial charge in [0.05, 0.1) is 6.61 Å². The summed E-state index contributed by atoms with van der Waals surface area (Å²) in [7, 11) is 0. The van der Waals surface area contributed by atoms with Crippen molar-refractivity contribution in [2.45, 2.75) is 31.8 Å². The minimum atomic E-state index is -5.91. The third-order valence-electron chi connectivity index (χ3n) is 3.18. The van der Waals surface area contributed by atoms with Gasteiger partial charge in [0.1, 0.15) is 0 Å². The summed E-state index contributed by atoms with van der Waals surface area (Å²) in [5.74, 6) is 0. The van der Waals surface area contributed by atoms with E-state index in [1.165, 1.54) is 13.8 Å². The fourth-order valence-corrected chi connectivity index (χ4v) is 2.12. The second kappa shape index (κ2) is 5.96. The van der Waals surface area contributed by atoms with Crippen LogP contribution in [0.5, 0.6) is 0 Å². The van der Waals surface area contributed by atoms with Gasteiger partial charge in [-0.05, 0) is 25.0 Å². The first-order valence-electron chi connectivity index (χ1n) is 6.18. The van der Waals surface area contributed by atoms with Crippen LogP contribution in [0.3, 0.4) is 0 Å². The third-order valence-corrected chi connectivity index (χ3v) is 3.18. The number of aliphatic hydroxyl groups is 2. The van der Waals surface area contributed by atoms with Gasteiger partial charge in [0.2, 0.25) is 0 Å². The van der Waals surface area contributed by atoms with E-state index in [2.05, 4.69) is 5.32 Å². The molecular weight excluding hydrogens is 316 g/mol. The van der Waals surface area contributed by atoms with E-state index in [0.29, 0.717) is 17.8 Å². The lowest BCUT2D eigenvalue weighted by Crippen LogP contribution is -2.54. The normalized spacial score (nSPS) is 13.4. The molecule has 1 aromatic carbocycles. The Bertz CT molecular complexity index is 501. The molecule has 0 spiro atoms. The number of nitrogens with one attached hydrogen (secondary N) is 1. The maximum absolute atomic E-state index is 12.8. The number of aliphatic hydroxyl groups excluding tert-OH is 1. The van der Waals surface area contributed by atoms with E-state index in [4.69, 9.17) is 5.11 Å². The molecule has 0 amide bonds. The van der Waals surface area contributed by atoms with Crippen LogP contribution in [0.15, 0.2) is 12.1 Å². The Morgan fingerprint density at radius 3 is 1.68 bits per heavy atom. The number of hydrogen-bond donors (Lipinski definition) is 3. The molecule has 0 aliphatic carbocycles. The highest BCUT2D eigenvalue weighted by atomic mass is 19.4. The van der Waals surface area contributed by atoms with Crippen molar-refractivity contribution in [3.8, 4) is 0 Å². The first kappa shape index (κ1) is 18.6. The number of alkyl halides is 6. The molecule has 0 saturated carbocycles. The van der Waals surface area contributed by atoms with Crippen LogP contribution in [-0.2, 0) is 5.60 Å². The minimum absolute atomic E-state index is 0.0871. The van der Waals surface area contributed by atoms with E-state index in [1.807, 2.05) is 0 Å². The highest BCUT2D eigenvalue weighted by Crippen LogP contribution is 2.50. The average molecular weight is 331 g/mol. The monoisotopic (exact) mass is 331 g/mol. The molecule has 3 N–H and O–H groups in total. The molecule has 0 fully saturated rings. The van der Waals surface area contributed by atoms with E-state index >= 15 is 0 Å². The maximum atomic E-state index is 12.8. The van der Waals surface area contributed by atoms with E-state index in [0.717, 1.165) is 0 Å². The second-order valence-electron chi connectivity index (χ2n) is 4.84. The van der Waals surface area contributed by atoms with Crippen molar-refractivity contribution in [2.24, 2.45) is 0 Å². The van der Waals surface area contributed by atoms with Crippen molar-refractivity contribution < 1.29 is 36.6 Å². The molecule has 126 valence electrons. The molecule has 0 aliphatic rings. The van der Waals surface area contributed by atoms with Gasteiger partial charge in [-0.15, -0.1) is 0 Å². The Kier molecular flexibility index (Phi) is 5.03. The smallest absolute Gasteiger partial charge is 0.395 e. The standard InChI is InChI=1S/C13H15F6NO2/c1-7-5-9(6-8(2)10(7)20-3-4-21)11(22,12(14,15)16)13(17,18)19/h5-6,20-22H,3-4H2,1-2H3. The summed E-state index contributed by atoms with van der Waals surface area (Å²) in [4.78, 5) is 0. The number of aryl methyl sites for hydroxylation is 2. The van der Waals surface area contributed by atoms with Crippen LogP contribution in [0.4, 0.5) is 32.0 Å². The summed E-state index contributed by atoms with van der Waals surface area (Å²) >= 11 is 0. The lowest BCUT2D eigenvalue weighted by Gasteiger charge is -2.33. The molecule has 0 saturated heterocycles. The molecule has 22 heavy (non-hydrogen) atoms. The third kappa shape index (κ3) is 3.14. The SMILES string of the molecule is Cc1cc(C(O)(C(F)(F)F)C(F)(F)F)cc(C)c1NCCO. The number of halogens is 6. The predicted molar refractivity (Wildman–Crippen MR) is 67.5 cm³/mol. The van der Waals surface area contributed by atoms with Crippen LogP contribution < -0.4 is 5.32 Å². The first-order valence-corrected chi connectivity index (χ1v) is 6.18. The van der Waals surface area contributed by atoms with E-state index in [1.54, 1.807) is 0 Å². The first-order chi connectivity index (χ1) is 9.86. The number of hydrogen-bond acceptors (Lipinski definition) is 3. The van der Waals surface area contributed by atoms with Crippen LogP contribution >= 0.6 is 0 Å². The summed E-state index contributed by atoms with van der Waals surface area (Å²) < 4.78 is 77.0. The van der Waals surface area contributed by atoms with Crippen LogP contribution in [0.2, 0.25) is 0 Å². The van der Waals surface area contributed by atoms with E-state index in [-0.39, 0.29) is 24.3 Å². The quantitative estimate of drug-likeness (QED) is 0.744. The van der Waals surface area contributed by atoms with Crippen molar-refractivity contribution in [3.05, 3.63) is 28.8 Å². The molecule has 1 aromatic rings. The highest BCUT2D eigenvalue weighted by Gasteiger charge is 2.71. The fraction of sp³-hybridized carbons (Fsp3) is 0.538. The molecule has 3 nitrogen and oxygen atoms in total. The zero-order chi connectivity index (χ0) is 17.3. The maximum Gasteiger partial charge on any atom is 0.430 e. The van der Waals surface area contributed by atoms with Crippen molar-refractivity contribution in [1.82, 2.24) is 0 Å². The minimum Gasteiger partial charge on any atom is -0.395 e.